The number of hydrogen-bond acceptors (Lipinski definition) is 8. The lowest BCUT2D eigenvalue weighted by Gasteiger charge is -2.21. The monoisotopic (exact) mass is 496 g/mol. The maximum absolute atomic E-state index is 4.60. The number of pyridine rings is 1. The van der Waals surface area contributed by atoms with Crippen LogP contribution in [0.5, 0.6) is 0 Å². The second-order valence-electron chi connectivity index (χ2n) is 9.13. The fourth-order valence-electron chi connectivity index (χ4n) is 4.09. The first kappa shape index (κ1) is 26.2. The molecule has 192 valence electrons. The zero-order valence-corrected chi connectivity index (χ0v) is 22.0. The van der Waals surface area contributed by atoms with E-state index < -0.39 is 0 Å². The highest BCUT2D eigenvalue weighted by atomic mass is 15.2. The van der Waals surface area contributed by atoms with E-state index in [1.54, 1.807) is 18.5 Å². The topological polar surface area (TPSA) is 91.8 Å². The number of nitrogens with one attached hydrogen (secondary N) is 2. The molecule has 3 heterocycles. The third kappa shape index (κ3) is 8.05. The number of aryl methyl sites for hydroxylation is 1. The fraction of sp³-hybridized carbons (Fsp3) is 0.345. The van der Waals surface area contributed by atoms with Crippen LogP contribution >= 0.6 is 0 Å². The lowest BCUT2D eigenvalue weighted by molar-refractivity contribution is 0.260. The molecule has 2 N–H and O–H groups in total. The van der Waals surface area contributed by atoms with Crippen molar-refractivity contribution in [1.29, 1.82) is 0 Å². The molecule has 0 amide bonds. The molecule has 0 fully saturated rings. The summed E-state index contributed by atoms with van der Waals surface area (Å²) in [5, 5.41) is 6.55. The lowest BCUT2D eigenvalue weighted by Crippen LogP contribution is -2.25. The Kier molecular flexibility index (Phi) is 9.48. The standard InChI is InChI=1S/C29H36N8/c1-4-6-7-20-37(19-5-2)21-23-11-13-24(14-12-23)33-29-31-18-16-27(36-29)34-26-15-17-30-28(35-26)25-10-8-9-22(3)32-25/h8-18H,4-7,19-21H2,1-3H3,(H2,30,31,33,34,35,36). The first-order valence-electron chi connectivity index (χ1n) is 13.1. The molecule has 0 aliphatic carbocycles. The molecule has 0 radical (unpaired) electrons. The minimum absolute atomic E-state index is 0.513. The molecule has 0 saturated carbocycles. The number of hydrogen-bond donors (Lipinski definition) is 2. The van der Waals surface area contributed by atoms with Gasteiger partial charge in [0.1, 0.15) is 17.3 Å². The Hall–Kier alpha value is -3.91. The van der Waals surface area contributed by atoms with Crippen molar-refractivity contribution in [2.45, 2.75) is 53.0 Å². The van der Waals surface area contributed by atoms with Gasteiger partial charge in [-0.1, -0.05) is 44.9 Å². The Morgan fingerprint density at radius 3 is 2.27 bits per heavy atom. The molecule has 1 aromatic carbocycles. The van der Waals surface area contributed by atoms with E-state index in [2.05, 4.69) is 78.6 Å². The summed E-state index contributed by atoms with van der Waals surface area (Å²) >= 11 is 0. The van der Waals surface area contributed by atoms with Crippen LogP contribution < -0.4 is 10.6 Å². The largest absolute Gasteiger partial charge is 0.325 e. The summed E-state index contributed by atoms with van der Waals surface area (Å²) in [5.41, 5.74) is 3.92. The molecule has 0 spiro atoms. The molecule has 0 aliphatic heterocycles. The molecule has 3 aromatic heterocycles. The van der Waals surface area contributed by atoms with E-state index in [4.69, 9.17) is 0 Å². The quantitative estimate of drug-likeness (QED) is 0.202. The van der Waals surface area contributed by atoms with Gasteiger partial charge in [0.25, 0.3) is 0 Å². The predicted octanol–water partition coefficient (Wildman–Crippen LogP) is 6.53. The van der Waals surface area contributed by atoms with Crippen molar-refractivity contribution in [3.63, 3.8) is 0 Å². The van der Waals surface area contributed by atoms with Crippen molar-refractivity contribution in [3.05, 3.63) is 78.2 Å². The third-order valence-corrected chi connectivity index (χ3v) is 5.92. The summed E-state index contributed by atoms with van der Waals surface area (Å²) < 4.78 is 0. The summed E-state index contributed by atoms with van der Waals surface area (Å²) in [6.07, 6.45) is 8.41. The molecule has 0 unspecified atom stereocenters. The predicted molar refractivity (Wildman–Crippen MR) is 150 cm³/mol. The van der Waals surface area contributed by atoms with Gasteiger partial charge >= 0.3 is 0 Å². The van der Waals surface area contributed by atoms with Crippen molar-refractivity contribution >= 4 is 23.3 Å². The molecule has 8 nitrogen and oxygen atoms in total. The van der Waals surface area contributed by atoms with Crippen LogP contribution in [-0.2, 0) is 6.54 Å². The average molecular weight is 497 g/mol. The maximum Gasteiger partial charge on any atom is 0.229 e. The minimum atomic E-state index is 0.513. The molecule has 0 saturated heterocycles. The number of aromatic nitrogens is 5. The van der Waals surface area contributed by atoms with Crippen LogP contribution in [0.15, 0.2) is 67.0 Å². The Morgan fingerprint density at radius 2 is 1.51 bits per heavy atom. The summed E-state index contributed by atoms with van der Waals surface area (Å²) in [6, 6.07) is 17.9. The highest BCUT2D eigenvalue weighted by Gasteiger charge is 2.08. The van der Waals surface area contributed by atoms with Crippen LogP contribution in [0.1, 0.15) is 50.8 Å². The van der Waals surface area contributed by atoms with Gasteiger partial charge in [0.05, 0.1) is 0 Å². The second-order valence-corrected chi connectivity index (χ2v) is 9.13. The van der Waals surface area contributed by atoms with Gasteiger partial charge in [0.2, 0.25) is 5.95 Å². The van der Waals surface area contributed by atoms with Crippen molar-refractivity contribution in [2.24, 2.45) is 0 Å². The van der Waals surface area contributed by atoms with Gasteiger partial charge in [0.15, 0.2) is 5.82 Å². The Labute approximate surface area is 219 Å². The summed E-state index contributed by atoms with van der Waals surface area (Å²) in [6.45, 7) is 9.71. The minimum Gasteiger partial charge on any atom is -0.325 e. The van der Waals surface area contributed by atoms with Gasteiger partial charge < -0.3 is 10.6 Å². The smallest absolute Gasteiger partial charge is 0.229 e. The average Bonchev–Trinajstić information content (AvgIpc) is 2.90. The molecule has 37 heavy (non-hydrogen) atoms. The fourth-order valence-corrected chi connectivity index (χ4v) is 4.09. The number of nitrogens with zero attached hydrogens (tertiary/aromatic N) is 6. The van der Waals surface area contributed by atoms with E-state index >= 15 is 0 Å². The zero-order valence-electron chi connectivity index (χ0n) is 22.0. The van der Waals surface area contributed by atoms with Crippen molar-refractivity contribution in [2.75, 3.05) is 23.7 Å². The van der Waals surface area contributed by atoms with Crippen LogP contribution in [0.3, 0.4) is 0 Å². The lowest BCUT2D eigenvalue weighted by atomic mass is 10.1. The van der Waals surface area contributed by atoms with Gasteiger partial charge in [0, 0.05) is 30.3 Å². The molecule has 0 bridgehead atoms. The van der Waals surface area contributed by atoms with Crippen LogP contribution in [-0.4, -0.2) is 42.9 Å². The third-order valence-electron chi connectivity index (χ3n) is 5.92. The van der Waals surface area contributed by atoms with Crippen LogP contribution in [0.2, 0.25) is 0 Å². The molecule has 0 atom stereocenters. The molecule has 4 aromatic rings. The zero-order chi connectivity index (χ0) is 25.9. The van der Waals surface area contributed by atoms with E-state index in [1.807, 2.05) is 31.2 Å². The van der Waals surface area contributed by atoms with Crippen LogP contribution in [0.4, 0.5) is 23.3 Å². The van der Waals surface area contributed by atoms with E-state index in [0.29, 0.717) is 23.4 Å². The normalized spacial score (nSPS) is 11.0. The first-order valence-corrected chi connectivity index (χ1v) is 13.1. The van der Waals surface area contributed by atoms with E-state index in [1.165, 1.54) is 31.2 Å². The van der Waals surface area contributed by atoms with Crippen LogP contribution in [0.25, 0.3) is 11.5 Å². The summed E-state index contributed by atoms with van der Waals surface area (Å²) in [4.78, 5) is 25.0. The van der Waals surface area contributed by atoms with E-state index in [9.17, 15) is 0 Å². The molecule has 8 heteroatoms. The number of rotatable bonds is 13. The summed E-state index contributed by atoms with van der Waals surface area (Å²) in [5.74, 6) is 2.35. The van der Waals surface area contributed by atoms with Gasteiger partial charge in [-0.15, -0.1) is 0 Å². The molecule has 4 rings (SSSR count). The number of unbranched alkanes of at least 4 members (excludes halogenated alkanes) is 2. The van der Waals surface area contributed by atoms with Gasteiger partial charge in [-0.3, -0.25) is 4.90 Å². The Morgan fingerprint density at radius 1 is 0.730 bits per heavy atom. The van der Waals surface area contributed by atoms with Crippen LogP contribution in [0, 0.1) is 6.92 Å². The Balaban J connectivity index is 1.38. The second kappa shape index (κ2) is 13.4. The number of benzene rings is 1. The molecular formula is C29H36N8. The summed E-state index contributed by atoms with van der Waals surface area (Å²) in [7, 11) is 0. The first-order chi connectivity index (χ1) is 18.1. The van der Waals surface area contributed by atoms with Gasteiger partial charge in [-0.05, 0) is 74.8 Å². The van der Waals surface area contributed by atoms with E-state index in [-0.39, 0.29) is 0 Å². The highest BCUT2D eigenvalue weighted by Crippen LogP contribution is 2.20. The SMILES string of the molecule is CCCCCN(CCC)Cc1ccc(Nc2nccc(Nc3ccnc(-c4cccc(C)n4)n3)n2)cc1. The van der Waals surface area contributed by atoms with Gasteiger partial charge in [-0.2, -0.15) is 4.98 Å². The molecule has 0 aliphatic rings. The Bertz CT molecular complexity index is 1260. The number of anilines is 4. The van der Waals surface area contributed by atoms with Crippen molar-refractivity contribution in [1.82, 2.24) is 29.8 Å². The van der Waals surface area contributed by atoms with Crippen molar-refractivity contribution in [3.8, 4) is 11.5 Å². The van der Waals surface area contributed by atoms with Gasteiger partial charge in [-0.25, -0.2) is 19.9 Å². The highest BCUT2D eigenvalue weighted by molar-refractivity contribution is 5.59. The van der Waals surface area contributed by atoms with Crippen molar-refractivity contribution < 1.29 is 0 Å². The molecular weight excluding hydrogens is 460 g/mol. The van der Waals surface area contributed by atoms with E-state index in [0.717, 1.165) is 36.7 Å². The maximum atomic E-state index is 4.60.